The number of carbonyl (C=O) groups excluding carboxylic acids is 2. The SMILES string of the molecule is CC[C@@H](C)NC(=O)c1ccccc1NC(=O)c1ccc(C)cc1C. The third-order valence-electron chi connectivity index (χ3n) is 4.04. The molecule has 2 N–H and O–H groups in total. The van der Waals surface area contributed by atoms with Crippen LogP contribution >= 0.6 is 0 Å². The Labute approximate surface area is 143 Å². The second-order valence-electron chi connectivity index (χ2n) is 6.10. The number of aryl methyl sites for hydroxylation is 2. The molecule has 0 heterocycles. The van der Waals surface area contributed by atoms with Crippen LogP contribution in [0.4, 0.5) is 5.69 Å². The minimum Gasteiger partial charge on any atom is -0.350 e. The minimum absolute atomic E-state index is 0.0839. The van der Waals surface area contributed by atoms with E-state index < -0.39 is 0 Å². The lowest BCUT2D eigenvalue weighted by atomic mass is 10.0. The number of nitrogens with one attached hydrogen (secondary N) is 2. The van der Waals surface area contributed by atoms with Crippen LogP contribution in [-0.4, -0.2) is 17.9 Å². The van der Waals surface area contributed by atoms with Crippen LogP contribution in [-0.2, 0) is 0 Å². The Hall–Kier alpha value is -2.62. The van der Waals surface area contributed by atoms with Crippen molar-refractivity contribution in [3.05, 3.63) is 64.7 Å². The summed E-state index contributed by atoms with van der Waals surface area (Å²) in [5.41, 5.74) is 3.61. The molecule has 0 spiro atoms. The van der Waals surface area contributed by atoms with E-state index in [1.54, 1.807) is 24.3 Å². The molecule has 0 radical (unpaired) electrons. The van der Waals surface area contributed by atoms with E-state index in [2.05, 4.69) is 10.6 Å². The van der Waals surface area contributed by atoms with Crippen molar-refractivity contribution in [3.63, 3.8) is 0 Å². The first-order valence-corrected chi connectivity index (χ1v) is 8.21. The van der Waals surface area contributed by atoms with Gasteiger partial charge in [0, 0.05) is 11.6 Å². The first kappa shape index (κ1) is 17.7. The number of hydrogen-bond acceptors (Lipinski definition) is 2. The van der Waals surface area contributed by atoms with Gasteiger partial charge in [-0.3, -0.25) is 9.59 Å². The van der Waals surface area contributed by atoms with Gasteiger partial charge in [-0.25, -0.2) is 0 Å². The van der Waals surface area contributed by atoms with Crippen LogP contribution in [0.25, 0.3) is 0 Å². The topological polar surface area (TPSA) is 58.2 Å². The molecule has 0 unspecified atom stereocenters. The number of hydrogen-bond donors (Lipinski definition) is 2. The molecule has 4 heteroatoms. The predicted molar refractivity (Wildman–Crippen MR) is 97.5 cm³/mol. The maximum atomic E-state index is 12.6. The van der Waals surface area contributed by atoms with Gasteiger partial charge in [0.15, 0.2) is 0 Å². The highest BCUT2D eigenvalue weighted by molar-refractivity contribution is 6.09. The molecule has 0 aliphatic carbocycles. The summed E-state index contributed by atoms with van der Waals surface area (Å²) in [6.07, 6.45) is 0.850. The van der Waals surface area contributed by atoms with Crippen LogP contribution in [0, 0.1) is 13.8 Å². The van der Waals surface area contributed by atoms with Crippen molar-refractivity contribution >= 4 is 17.5 Å². The maximum absolute atomic E-state index is 12.6. The van der Waals surface area contributed by atoms with Gasteiger partial charge in [-0.1, -0.05) is 36.8 Å². The molecule has 0 bridgehead atoms. The van der Waals surface area contributed by atoms with Gasteiger partial charge in [0.2, 0.25) is 0 Å². The number of rotatable bonds is 5. The van der Waals surface area contributed by atoms with Gasteiger partial charge in [0.25, 0.3) is 11.8 Å². The largest absolute Gasteiger partial charge is 0.350 e. The summed E-state index contributed by atoms with van der Waals surface area (Å²) in [4.78, 5) is 25.0. The zero-order chi connectivity index (χ0) is 17.7. The van der Waals surface area contributed by atoms with E-state index in [0.29, 0.717) is 16.8 Å². The third-order valence-corrected chi connectivity index (χ3v) is 4.04. The third kappa shape index (κ3) is 4.22. The molecule has 0 saturated carbocycles. The lowest BCUT2D eigenvalue weighted by Gasteiger charge is -2.15. The van der Waals surface area contributed by atoms with Crippen molar-refractivity contribution in [1.82, 2.24) is 5.32 Å². The highest BCUT2D eigenvalue weighted by atomic mass is 16.2. The van der Waals surface area contributed by atoms with Crippen molar-refractivity contribution in [1.29, 1.82) is 0 Å². The molecular formula is C20H24N2O2. The first-order valence-electron chi connectivity index (χ1n) is 8.21. The summed E-state index contributed by atoms with van der Waals surface area (Å²) in [7, 11) is 0. The van der Waals surface area contributed by atoms with Crippen LogP contribution in [0.2, 0.25) is 0 Å². The normalized spacial score (nSPS) is 11.7. The van der Waals surface area contributed by atoms with E-state index in [-0.39, 0.29) is 17.9 Å². The lowest BCUT2D eigenvalue weighted by Crippen LogP contribution is -2.32. The zero-order valence-electron chi connectivity index (χ0n) is 14.6. The maximum Gasteiger partial charge on any atom is 0.255 e. The average molecular weight is 324 g/mol. The average Bonchev–Trinajstić information content (AvgIpc) is 2.54. The molecule has 2 rings (SSSR count). The van der Waals surface area contributed by atoms with Gasteiger partial charge in [0.05, 0.1) is 11.3 Å². The van der Waals surface area contributed by atoms with Crippen molar-refractivity contribution in [2.75, 3.05) is 5.32 Å². The van der Waals surface area contributed by atoms with Crippen LogP contribution in [0.5, 0.6) is 0 Å². The number of anilines is 1. The van der Waals surface area contributed by atoms with E-state index in [1.165, 1.54) is 0 Å². The predicted octanol–water partition coefficient (Wildman–Crippen LogP) is 4.08. The quantitative estimate of drug-likeness (QED) is 0.870. The van der Waals surface area contributed by atoms with Gasteiger partial charge < -0.3 is 10.6 Å². The van der Waals surface area contributed by atoms with Crippen LogP contribution in [0.1, 0.15) is 52.1 Å². The van der Waals surface area contributed by atoms with Gasteiger partial charge in [-0.15, -0.1) is 0 Å². The molecular weight excluding hydrogens is 300 g/mol. The lowest BCUT2D eigenvalue weighted by molar-refractivity contribution is 0.0940. The van der Waals surface area contributed by atoms with Gasteiger partial charge in [-0.05, 0) is 51.0 Å². The van der Waals surface area contributed by atoms with E-state index in [0.717, 1.165) is 17.5 Å². The summed E-state index contributed by atoms with van der Waals surface area (Å²) in [6, 6.07) is 12.8. The summed E-state index contributed by atoms with van der Waals surface area (Å²) in [5, 5.41) is 5.79. The molecule has 1 atom stereocenters. The molecule has 0 aromatic heterocycles. The number of para-hydroxylation sites is 1. The van der Waals surface area contributed by atoms with Crippen molar-refractivity contribution in [2.24, 2.45) is 0 Å². The Kier molecular flexibility index (Phi) is 5.74. The Morgan fingerprint density at radius 1 is 1.00 bits per heavy atom. The molecule has 4 nitrogen and oxygen atoms in total. The number of amides is 2. The van der Waals surface area contributed by atoms with Gasteiger partial charge in [-0.2, -0.15) is 0 Å². The second kappa shape index (κ2) is 7.77. The molecule has 0 fully saturated rings. The Balaban J connectivity index is 2.23. The molecule has 2 amide bonds. The van der Waals surface area contributed by atoms with Crippen molar-refractivity contribution < 1.29 is 9.59 Å². The highest BCUT2D eigenvalue weighted by Gasteiger charge is 2.16. The van der Waals surface area contributed by atoms with E-state index in [4.69, 9.17) is 0 Å². The Morgan fingerprint density at radius 3 is 2.38 bits per heavy atom. The van der Waals surface area contributed by atoms with Crippen LogP contribution in [0.3, 0.4) is 0 Å². The van der Waals surface area contributed by atoms with Gasteiger partial charge in [0.1, 0.15) is 0 Å². The zero-order valence-corrected chi connectivity index (χ0v) is 14.6. The Bertz CT molecular complexity index is 753. The fourth-order valence-corrected chi connectivity index (χ4v) is 2.45. The summed E-state index contributed by atoms with van der Waals surface area (Å²) in [6.45, 7) is 7.86. The molecule has 0 saturated heterocycles. The van der Waals surface area contributed by atoms with E-state index >= 15 is 0 Å². The van der Waals surface area contributed by atoms with E-state index in [9.17, 15) is 9.59 Å². The summed E-state index contributed by atoms with van der Waals surface area (Å²) in [5.74, 6) is -0.392. The van der Waals surface area contributed by atoms with Crippen molar-refractivity contribution in [2.45, 2.75) is 40.2 Å². The fourth-order valence-electron chi connectivity index (χ4n) is 2.45. The number of benzene rings is 2. The molecule has 126 valence electrons. The first-order chi connectivity index (χ1) is 11.4. The van der Waals surface area contributed by atoms with Crippen LogP contribution in [0.15, 0.2) is 42.5 Å². The highest BCUT2D eigenvalue weighted by Crippen LogP contribution is 2.18. The minimum atomic E-state index is -0.212. The summed E-state index contributed by atoms with van der Waals surface area (Å²) < 4.78 is 0. The monoisotopic (exact) mass is 324 g/mol. The van der Waals surface area contributed by atoms with Crippen LogP contribution < -0.4 is 10.6 Å². The molecule has 24 heavy (non-hydrogen) atoms. The molecule has 2 aromatic rings. The molecule has 0 aliphatic heterocycles. The van der Waals surface area contributed by atoms with E-state index in [1.807, 2.05) is 45.9 Å². The second-order valence-corrected chi connectivity index (χ2v) is 6.10. The smallest absolute Gasteiger partial charge is 0.255 e. The fraction of sp³-hybridized carbons (Fsp3) is 0.300. The van der Waals surface area contributed by atoms with Gasteiger partial charge >= 0.3 is 0 Å². The molecule has 2 aromatic carbocycles. The standard InChI is InChI=1S/C20H24N2O2/c1-5-15(4)21-20(24)17-8-6-7-9-18(17)22-19(23)16-11-10-13(2)12-14(16)3/h6-12,15H,5H2,1-4H3,(H,21,24)(H,22,23)/t15-/m1/s1. The summed E-state index contributed by atoms with van der Waals surface area (Å²) >= 11 is 0. The number of carbonyl (C=O) groups is 2. The van der Waals surface area contributed by atoms with Crippen molar-refractivity contribution in [3.8, 4) is 0 Å². The molecule has 0 aliphatic rings. The Morgan fingerprint density at radius 2 is 1.71 bits per heavy atom.